The summed E-state index contributed by atoms with van der Waals surface area (Å²) < 4.78 is 29.3. The normalized spacial score (nSPS) is 30.7. The average molecular weight is 753 g/mol. The summed E-state index contributed by atoms with van der Waals surface area (Å²) in [5, 5.41) is 29.5. The van der Waals surface area contributed by atoms with Gasteiger partial charge in [-0.3, -0.25) is 24.0 Å². The minimum absolute atomic E-state index is 0.0254. The summed E-state index contributed by atoms with van der Waals surface area (Å²) in [5.41, 5.74) is 11.3. The monoisotopic (exact) mass is 752 g/mol. The molecule has 0 aromatic carbocycles. The predicted octanol–water partition coefficient (Wildman–Crippen LogP) is -0.983. The number of hydrogen-bond acceptors (Lipinski definition) is 14. The third kappa shape index (κ3) is 11.8. The van der Waals surface area contributed by atoms with Gasteiger partial charge in [-0.1, -0.05) is 38.5 Å². The first kappa shape index (κ1) is 41.9. The van der Waals surface area contributed by atoms with Gasteiger partial charge in [-0.15, -0.1) is 0 Å². The highest BCUT2D eigenvalue weighted by Gasteiger charge is 2.55. The number of nitrogens with zero attached hydrogens (tertiary/aromatic N) is 1. The van der Waals surface area contributed by atoms with Crippen LogP contribution in [0.4, 0.5) is 0 Å². The Bertz CT molecular complexity index is 1330. The van der Waals surface area contributed by atoms with E-state index in [4.69, 9.17) is 35.2 Å². The van der Waals surface area contributed by atoms with Crippen LogP contribution in [0.1, 0.15) is 84.0 Å². The van der Waals surface area contributed by atoms with Gasteiger partial charge in [-0.25, -0.2) is 0 Å². The van der Waals surface area contributed by atoms with E-state index in [-0.39, 0.29) is 30.9 Å². The summed E-state index contributed by atoms with van der Waals surface area (Å²) in [6, 6.07) is -0.928. The summed E-state index contributed by atoms with van der Waals surface area (Å²) in [4.78, 5) is 65.3. The van der Waals surface area contributed by atoms with Crippen LogP contribution in [-0.2, 0) is 47.7 Å². The zero-order valence-electron chi connectivity index (χ0n) is 30.5. The number of rotatable bonds is 19. The number of hydrogen-bond donors (Lipinski definition) is 7. The molecule has 4 rings (SSSR count). The Hall–Kier alpha value is -3.81. The third-order valence-electron chi connectivity index (χ3n) is 9.70. The number of amides is 4. The van der Waals surface area contributed by atoms with Gasteiger partial charge in [0.1, 0.15) is 30.5 Å². The first-order chi connectivity index (χ1) is 25.4. The van der Waals surface area contributed by atoms with Gasteiger partial charge in [0, 0.05) is 31.8 Å². The highest BCUT2D eigenvalue weighted by molar-refractivity contribution is 5.95. The molecule has 0 radical (unpaired) electrons. The van der Waals surface area contributed by atoms with Crippen LogP contribution in [0.3, 0.4) is 0 Å². The van der Waals surface area contributed by atoms with Gasteiger partial charge in [-0.2, -0.15) is 0 Å². The lowest BCUT2D eigenvalue weighted by molar-refractivity contribution is -0.241. The Morgan fingerprint density at radius 3 is 2.40 bits per heavy atom. The molecule has 0 bridgehead atoms. The molecule has 298 valence electrons. The number of carbonyl (C=O) groups is 5. The van der Waals surface area contributed by atoms with Crippen LogP contribution in [0.25, 0.3) is 0 Å². The largest absolute Gasteiger partial charge is 0.456 e. The summed E-state index contributed by atoms with van der Waals surface area (Å²) in [6.07, 6.45) is 1.67. The van der Waals surface area contributed by atoms with E-state index in [9.17, 15) is 34.2 Å². The number of ether oxygens (including phenoxy) is 5. The van der Waals surface area contributed by atoms with Gasteiger partial charge in [-0.05, 0) is 51.6 Å². The Morgan fingerprint density at radius 1 is 1.06 bits per heavy atom. The molecule has 0 aromatic heterocycles. The van der Waals surface area contributed by atoms with E-state index in [1.54, 1.807) is 4.90 Å². The van der Waals surface area contributed by atoms with Gasteiger partial charge in [0.15, 0.2) is 24.2 Å². The molecule has 0 aromatic rings. The molecular weight excluding hydrogens is 696 g/mol. The zero-order valence-corrected chi connectivity index (χ0v) is 30.5. The van der Waals surface area contributed by atoms with E-state index in [0.29, 0.717) is 25.8 Å². The minimum atomic E-state index is -1.81. The van der Waals surface area contributed by atoms with Crippen molar-refractivity contribution >= 4 is 29.6 Å². The quantitative estimate of drug-likeness (QED) is 0.0618. The van der Waals surface area contributed by atoms with Crippen molar-refractivity contribution in [3.05, 3.63) is 24.1 Å². The molecule has 9 N–H and O–H groups in total. The maximum absolute atomic E-state index is 13.2. The highest BCUT2D eigenvalue weighted by atomic mass is 16.7. The Morgan fingerprint density at radius 2 is 1.75 bits per heavy atom. The minimum Gasteiger partial charge on any atom is -0.456 e. The number of nitrogens with two attached hydrogens (primary N) is 2. The second-order valence-electron chi connectivity index (χ2n) is 13.9. The van der Waals surface area contributed by atoms with Crippen molar-refractivity contribution in [1.82, 2.24) is 20.9 Å². The van der Waals surface area contributed by atoms with E-state index in [0.717, 1.165) is 57.4 Å². The van der Waals surface area contributed by atoms with E-state index in [1.165, 1.54) is 19.4 Å². The van der Waals surface area contributed by atoms with Crippen LogP contribution in [0.15, 0.2) is 24.1 Å². The Balaban J connectivity index is 1.44. The highest BCUT2D eigenvalue weighted by Crippen LogP contribution is 2.34. The molecule has 4 aliphatic heterocycles. The van der Waals surface area contributed by atoms with Crippen molar-refractivity contribution in [3.63, 3.8) is 0 Å². The number of methoxy groups -OCH3 is 1. The Kier molecular flexibility index (Phi) is 16.3. The molecule has 4 aliphatic rings. The van der Waals surface area contributed by atoms with Crippen LogP contribution in [0.2, 0.25) is 0 Å². The fourth-order valence-electron chi connectivity index (χ4n) is 6.75. The molecule has 53 heavy (non-hydrogen) atoms. The van der Waals surface area contributed by atoms with Gasteiger partial charge < -0.3 is 66.2 Å². The molecule has 18 nitrogen and oxygen atoms in total. The van der Waals surface area contributed by atoms with Crippen molar-refractivity contribution < 1.29 is 57.9 Å². The van der Waals surface area contributed by atoms with E-state index in [2.05, 4.69) is 16.0 Å². The van der Waals surface area contributed by atoms with Crippen LogP contribution >= 0.6 is 0 Å². The van der Waals surface area contributed by atoms with Gasteiger partial charge in [0.2, 0.25) is 24.0 Å². The van der Waals surface area contributed by atoms with Gasteiger partial charge in [0.05, 0.1) is 6.67 Å². The number of aliphatic hydroxyl groups excluding tert-OH is 2. The smallest absolute Gasteiger partial charge is 0.306 e. The molecule has 2 fully saturated rings. The lowest BCUT2D eigenvalue weighted by Gasteiger charge is -2.35. The molecule has 18 heteroatoms. The molecular formula is C35H56N6O12. The topological polar surface area (TPSA) is 263 Å². The maximum Gasteiger partial charge on any atom is 0.306 e. The van der Waals surface area contributed by atoms with E-state index < -0.39 is 78.7 Å². The number of nitrogens with one attached hydrogen (secondary N) is 3. The summed E-state index contributed by atoms with van der Waals surface area (Å²) in [6.45, 7) is 2.53. The van der Waals surface area contributed by atoms with Gasteiger partial charge >= 0.3 is 5.97 Å². The van der Waals surface area contributed by atoms with Crippen molar-refractivity contribution in [3.8, 4) is 0 Å². The summed E-state index contributed by atoms with van der Waals surface area (Å²) in [7, 11) is 1.31. The van der Waals surface area contributed by atoms with Crippen LogP contribution in [0, 0.1) is 0 Å². The first-order valence-corrected chi connectivity index (χ1v) is 18.5. The fraction of sp³-hybridized carbons (Fsp3) is 0.743. The van der Waals surface area contributed by atoms with Crippen LogP contribution in [-0.4, -0.2) is 126 Å². The number of unbranched alkanes of at least 4 members (excludes halogenated alkanes) is 7. The standard InChI is InChI=1S/C35H56N6O12/c1-20-12-11-13-21(32(47)39-20)40-33(48)23-18-22(42)26(45)35(50-23)53-29(31(37)46)28-27(49-2)30(34(52-28)41-17-15-24(43)38-19-41)51-25(44)14-9-7-5-3-4-6-8-10-16-36/h15,17-18,20-22,26-30,34-35,42,45H,3-14,16,19,36H2,1-2H3,(H2,37,46)(H,38,43)(H,39,47)(H,40,48)/t20-,21+,22+,26+,27-,28?,29-,30-,34-,35-/m1/s1. The SMILES string of the molecule is CO[C@@H]1C([C@@H](O[C@H]2OC(C(=O)N[C@H]3CCC[C@@H](C)NC3=O)=C[C@H](O)[C@@H]2O)C(N)=O)O[C@@H](N2C=CC(=O)NC2)[C@@H]1OC(=O)CCCCCCCCCCN. The molecule has 0 aliphatic carbocycles. The molecule has 4 amide bonds. The number of primary amides is 1. The van der Waals surface area contributed by atoms with Gasteiger partial charge in [0.25, 0.3) is 5.91 Å². The van der Waals surface area contributed by atoms with E-state index in [1.807, 2.05) is 6.92 Å². The number of carbonyl (C=O) groups excluding carboxylic acids is 5. The average Bonchev–Trinajstić information content (AvgIpc) is 3.39. The molecule has 0 spiro atoms. The number of esters is 1. The van der Waals surface area contributed by atoms with Crippen LogP contribution < -0.4 is 27.4 Å². The molecule has 0 saturated carbocycles. The van der Waals surface area contributed by atoms with Crippen molar-refractivity contribution in [2.45, 2.75) is 145 Å². The second kappa shape index (κ2) is 20.6. The van der Waals surface area contributed by atoms with Crippen molar-refractivity contribution in [2.75, 3.05) is 20.3 Å². The maximum atomic E-state index is 13.2. The van der Waals surface area contributed by atoms with E-state index >= 15 is 0 Å². The third-order valence-corrected chi connectivity index (χ3v) is 9.70. The fourth-order valence-corrected chi connectivity index (χ4v) is 6.75. The van der Waals surface area contributed by atoms with Crippen LogP contribution in [0.5, 0.6) is 0 Å². The molecule has 1 unspecified atom stereocenters. The molecule has 2 saturated heterocycles. The lowest BCUT2D eigenvalue weighted by Crippen LogP contribution is -2.54. The van der Waals surface area contributed by atoms with Crippen molar-refractivity contribution in [1.29, 1.82) is 0 Å². The predicted molar refractivity (Wildman–Crippen MR) is 186 cm³/mol. The Labute approximate surface area is 309 Å². The molecule has 4 heterocycles. The molecule has 10 atom stereocenters. The first-order valence-electron chi connectivity index (χ1n) is 18.5. The lowest BCUT2D eigenvalue weighted by atomic mass is 10.0. The van der Waals surface area contributed by atoms with Crippen molar-refractivity contribution in [2.24, 2.45) is 11.5 Å². The summed E-state index contributed by atoms with van der Waals surface area (Å²) >= 11 is 0. The number of aliphatic hydroxyl groups is 2. The summed E-state index contributed by atoms with van der Waals surface area (Å²) in [5.74, 6) is -3.64. The zero-order chi connectivity index (χ0) is 38.5. The second-order valence-corrected chi connectivity index (χ2v) is 13.9.